The Kier molecular flexibility index (Phi) is 7.05. The van der Waals surface area contributed by atoms with Crippen LogP contribution in [0.15, 0.2) is 29.2 Å². The lowest BCUT2D eigenvalue weighted by atomic mass is 9.74. The topological polar surface area (TPSA) is 12.0 Å². The standard InChI is InChI=1S/C18H28FNS/c1-3-14-9-5-6-10-15(14)17(20-4-2)13-21-18-12-8-7-11-16(18)19/h7-8,11-12,14-15,17,20H,3-6,9-10,13H2,1-2H3. The molecule has 0 aliphatic heterocycles. The molecule has 1 N–H and O–H groups in total. The monoisotopic (exact) mass is 309 g/mol. The van der Waals surface area contributed by atoms with E-state index in [9.17, 15) is 4.39 Å². The Morgan fingerprint density at radius 3 is 2.71 bits per heavy atom. The van der Waals surface area contributed by atoms with E-state index in [0.717, 1.165) is 29.0 Å². The lowest BCUT2D eigenvalue weighted by Gasteiger charge is -2.37. The van der Waals surface area contributed by atoms with Crippen LogP contribution in [-0.4, -0.2) is 18.3 Å². The van der Waals surface area contributed by atoms with E-state index >= 15 is 0 Å². The van der Waals surface area contributed by atoms with Crippen LogP contribution in [0.4, 0.5) is 4.39 Å². The van der Waals surface area contributed by atoms with E-state index in [2.05, 4.69) is 19.2 Å². The second-order valence-electron chi connectivity index (χ2n) is 6.02. The molecule has 3 heteroatoms. The van der Waals surface area contributed by atoms with E-state index in [0.29, 0.717) is 6.04 Å². The molecular formula is C18H28FNS. The molecule has 21 heavy (non-hydrogen) atoms. The number of nitrogens with one attached hydrogen (secondary N) is 1. The van der Waals surface area contributed by atoms with Gasteiger partial charge in [0.25, 0.3) is 0 Å². The number of thioether (sulfide) groups is 1. The molecule has 1 nitrogen and oxygen atoms in total. The summed E-state index contributed by atoms with van der Waals surface area (Å²) in [4.78, 5) is 0.782. The summed E-state index contributed by atoms with van der Waals surface area (Å²) in [5, 5.41) is 3.66. The van der Waals surface area contributed by atoms with Gasteiger partial charge in [-0.2, -0.15) is 0 Å². The lowest BCUT2D eigenvalue weighted by Crippen LogP contribution is -2.42. The highest BCUT2D eigenvalue weighted by atomic mass is 32.2. The first-order valence-electron chi connectivity index (χ1n) is 8.37. The summed E-state index contributed by atoms with van der Waals surface area (Å²) >= 11 is 1.66. The zero-order valence-electron chi connectivity index (χ0n) is 13.3. The van der Waals surface area contributed by atoms with Gasteiger partial charge in [0.1, 0.15) is 5.82 Å². The van der Waals surface area contributed by atoms with Crippen LogP contribution in [0.25, 0.3) is 0 Å². The molecule has 0 aromatic heterocycles. The van der Waals surface area contributed by atoms with Crippen molar-refractivity contribution in [1.82, 2.24) is 5.32 Å². The van der Waals surface area contributed by atoms with Gasteiger partial charge in [-0.3, -0.25) is 0 Å². The van der Waals surface area contributed by atoms with Crippen LogP contribution >= 0.6 is 11.8 Å². The van der Waals surface area contributed by atoms with Crippen LogP contribution in [0.2, 0.25) is 0 Å². The van der Waals surface area contributed by atoms with Crippen LogP contribution in [-0.2, 0) is 0 Å². The summed E-state index contributed by atoms with van der Waals surface area (Å²) in [5.74, 6) is 2.47. The molecule has 1 fully saturated rings. The maximum absolute atomic E-state index is 13.8. The van der Waals surface area contributed by atoms with E-state index in [1.54, 1.807) is 23.9 Å². The fraction of sp³-hybridized carbons (Fsp3) is 0.667. The Morgan fingerprint density at radius 2 is 2.00 bits per heavy atom. The maximum Gasteiger partial charge on any atom is 0.136 e. The highest BCUT2D eigenvalue weighted by molar-refractivity contribution is 7.99. The minimum Gasteiger partial charge on any atom is -0.313 e. The van der Waals surface area contributed by atoms with Crippen molar-refractivity contribution in [2.45, 2.75) is 56.9 Å². The van der Waals surface area contributed by atoms with Crippen molar-refractivity contribution in [1.29, 1.82) is 0 Å². The Bertz CT molecular complexity index is 423. The number of hydrogen-bond donors (Lipinski definition) is 1. The Morgan fingerprint density at radius 1 is 1.24 bits per heavy atom. The van der Waals surface area contributed by atoms with Gasteiger partial charge in [0, 0.05) is 16.7 Å². The van der Waals surface area contributed by atoms with Crippen LogP contribution in [0.1, 0.15) is 46.0 Å². The summed E-state index contributed by atoms with van der Waals surface area (Å²) < 4.78 is 13.8. The second-order valence-corrected chi connectivity index (χ2v) is 7.08. The molecule has 3 atom stereocenters. The third-order valence-electron chi connectivity index (χ3n) is 4.73. The van der Waals surface area contributed by atoms with Gasteiger partial charge in [0.2, 0.25) is 0 Å². The molecule has 0 radical (unpaired) electrons. The Labute approximate surface area is 133 Å². The van der Waals surface area contributed by atoms with Gasteiger partial charge in [-0.25, -0.2) is 4.39 Å². The fourth-order valence-electron chi connectivity index (χ4n) is 3.61. The van der Waals surface area contributed by atoms with Crippen LogP contribution in [0.5, 0.6) is 0 Å². The molecule has 1 saturated carbocycles. The average molecular weight is 309 g/mol. The van der Waals surface area contributed by atoms with Gasteiger partial charge in [-0.05, 0) is 36.9 Å². The lowest BCUT2D eigenvalue weighted by molar-refractivity contribution is 0.186. The van der Waals surface area contributed by atoms with Crippen LogP contribution < -0.4 is 5.32 Å². The molecule has 1 aromatic carbocycles. The highest BCUT2D eigenvalue weighted by Crippen LogP contribution is 2.36. The van der Waals surface area contributed by atoms with Crippen molar-refractivity contribution in [3.8, 4) is 0 Å². The van der Waals surface area contributed by atoms with Gasteiger partial charge in [0.05, 0.1) is 0 Å². The summed E-state index contributed by atoms with van der Waals surface area (Å²) in [6.07, 6.45) is 6.71. The van der Waals surface area contributed by atoms with Gasteiger partial charge in [0.15, 0.2) is 0 Å². The molecule has 1 aliphatic carbocycles. The molecule has 3 unspecified atom stereocenters. The predicted octanol–water partition coefficient (Wildman–Crippen LogP) is 5.11. The first-order chi connectivity index (χ1) is 10.3. The van der Waals surface area contributed by atoms with Crippen molar-refractivity contribution >= 4 is 11.8 Å². The average Bonchev–Trinajstić information content (AvgIpc) is 2.53. The van der Waals surface area contributed by atoms with E-state index < -0.39 is 0 Å². The van der Waals surface area contributed by atoms with Gasteiger partial charge < -0.3 is 5.32 Å². The largest absolute Gasteiger partial charge is 0.313 e. The van der Waals surface area contributed by atoms with E-state index in [1.807, 2.05) is 12.1 Å². The minimum atomic E-state index is -0.0894. The zero-order valence-corrected chi connectivity index (χ0v) is 14.1. The quantitative estimate of drug-likeness (QED) is 0.702. The molecule has 0 amide bonds. The number of benzene rings is 1. The fourth-order valence-corrected chi connectivity index (χ4v) is 4.72. The molecule has 0 spiro atoms. The van der Waals surface area contributed by atoms with E-state index in [4.69, 9.17) is 0 Å². The van der Waals surface area contributed by atoms with Crippen molar-refractivity contribution in [3.63, 3.8) is 0 Å². The van der Waals surface area contributed by atoms with Crippen molar-refractivity contribution < 1.29 is 4.39 Å². The molecule has 0 heterocycles. The molecule has 1 aromatic rings. The molecule has 0 bridgehead atoms. The zero-order chi connectivity index (χ0) is 15.1. The third-order valence-corrected chi connectivity index (χ3v) is 5.90. The minimum absolute atomic E-state index is 0.0894. The second kappa shape index (κ2) is 8.79. The first-order valence-corrected chi connectivity index (χ1v) is 9.35. The predicted molar refractivity (Wildman–Crippen MR) is 90.3 cm³/mol. The Hall–Kier alpha value is -0.540. The third kappa shape index (κ3) is 4.72. The number of rotatable bonds is 7. The van der Waals surface area contributed by atoms with Crippen LogP contribution in [0, 0.1) is 17.7 Å². The van der Waals surface area contributed by atoms with Gasteiger partial charge >= 0.3 is 0 Å². The van der Waals surface area contributed by atoms with Crippen LogP contribution in [0.3, 0.4) is 0 Å². The van der Waals surface area contributed by atoms with Crippen molar-refractivity contribution in [3.05, 3.63) is 30.1 Å². The summed E-state index contributed by atoms with van der Waals surface area (Å²) in [6.45, 7) is 5.48. The highest BCUT2D eigenvalue weighted by Gasteiger charge is 2.30. The summed E-state index contributed by atoms with van der Waals surface area (Å²) in [7, 11) is 0. The molecular weight excluding hydrogens is 281 g/mol. The normalized spacial score (nSPS) is 24.0. The SMILES string of the molecule is CCNC(CSc1ccccc1F)C1CCCCC1CC. The molecule has 2 rings (SSSR count). The summed E-state index contributed by atoms with van der Waals surface area (Å²) in [6, 6.07) is 7.63. The van der Waals surface area contributed by atoms with Gasteiger partial charge in [-0.15, -0.1) is 11.8 Å². The molecule has 0 saturated heterocycles. The number of halogens is 1. The van der Waals surface area contributed by atoms with Gasteiger partial charge in [-0.1, -0.05) is 51.7 Å². The molecule has 118 valence electrons. The first kappa shape index (κ1) is 16.8. The Balaban J connectivity index is 1.99. The maximum atomic E-state index is 13.8. The van der Waals surface area contributed by atoms with E-state index in [-0.39, 0.29) is 5.82 Å². The smallest absolute Gasteiger partial charge is 0.136 e. The van der Waals surface area contributed by atoms with Crippen molar-refractivity contribution in [2.24, 2.45) is 11.8 Å². The van der Waals surface area contributed by atoms with E-state index in [1.165, 1.54) is 32.1 Å². The van der Waals surface area contributed by atoms with Crippen molar-refractivity contribution in [2.75, 3.05) is 12.3 Å². The number of hydrogen-bond acceptors (Lipinski definition) is 2. The molecule has 1 aliphatic rings. The summed E-state index contributed by atoms with van der Waals surface area (Å²) in [5.41, 5.74) is 0.